The maximum atomic E-state index is 11.6. The molecular weight excluding hydrogens is 654 g/mol. The first kappa shape index (κ1) is 55.5. The van der Waals surface area contributed by atoms with Gasteiger partial charge in [0.1, 0.15) is 12.0 Å². The molecule has 0 radical (unpaired) electrons. The standard InChI is InChI=1S/C30H41NO5.C5H12O.C3H8O.3C2H6/c1-4-35-30(34)16-11-19-36-29-15-9-13-26(28(29)14-10-18-32)12-7-5-6-8-17-31(23-33)27-21-24(2)20-25(3)22-27;1-5(2,3)6-4;1-3-4-2;3*1-2/h9,13,15,18,20-23H,4-8,10-12,14,16-17,19H2,1-3H3;1-4H3;3H2,1-2H3;3*1-2H3. The van der Waals surface area contributed by atoms with Gasteiger partial charge in [-0.2, -0.15) is 0 Å². The molecule has 8 nitrogen and oxygen atoms in total. The Hall–Kier alpha value is -3.23. The Balaban J connectivity index is -0.000000610. The van der Waals surface area contributed by atoms with Gasteiger partial charge >= 0.3 is 5.97 Å². The third-order valence-corrected chi connectivity index (χ3v) is 6.99. The molecule has 0 saturated carbocycles. The van der Waals surface area contributed by atoms with Crippen LogP contribution in [0, 0.1) is 13.8 Å². The number of rotatable bonds is 19. The zero-order chi connectivity index (χ0) is 40.8. The molecule has 0 bridgehead atoms. The Kier molecular flexibility index (Phi) is 41.6. The number of benzene rings is 2. The number of hydrogen-bond donors (Lipinski definition) is 0. The topological polar surface area (TPSA) is 91.4 Å². The summed E-state index contributed by atoms with van der Waals surface area (Å²) in [6.07, 6.45) is 8.91. The van der Waals surface area contributed by atoms with Crippen LogP contribution in [0.4, 0.5) is 5.69 Å². The molecule has 0 aliphatic carbocycles. The van der Waals surface area contributed by atoms with Gasteiger partial charge in [0.2, 0.25) is 6.41 Å². The lowest BCUT2D eigenvalue weighted by Crippen LogP contribution is -2.22. The van der Waals surface area contributed by atoms with E-state index in [9.17, 15) is 14.4 Å². The van der Waals surface area contributed by atoms with E-state index in [1.54, 1.807) is 26.0 Å². The van der Waals surface area contributed by atoms with Crippen LogP contribution in [0.5, 0.6) is 5.75 Å². The van der Waals surface area contributed by atoms with Gasteiger partial charge in [-0.1, -0.05) is 72.6 Å². The van der Waals surface area contributed by atoms with Gasteiger partial charge in [-0.3, -0.25) is 9.59 Å². The Morgan fingerprint density at radius 2 is 1.35 bits per heavy atom. The summed E-state index contributed by atoms with van der Waals surface area (Å²) in [5, 5.41) is 0. The van der Waals surface area contributed by atoms with Crippen molar-refractivity contribution in [3.8, 4) is 5.75 Å². The van der Waals surface area contributed by atoms with Crippen molar-refractivity contribution in [1.82, 2.24) is 0 Å². The van der Waals surface area contributed by atoms with Crippen molar-refractivity contribution in [2.75, 3.05) is 45.5 Å². The van der Waals surface area contributed by atoms with Crippen LogP contribution in [0.25, 0.3) is 0 Å². The lowest BCUT2D eigenvalue weighted by atomic mass is 9.97. The number of carbonyl (C=O) groups is 3. The maximum absolute atomic E-state index is 11.6. The summed E-state index contributed by atoms with van der Waals surface area (Å²) in [4.78, 5) is 36.0. The molecule has 0 heterocycles. The molecule has 0 fully saturated rings. The molecule has 0 aliphatic heterocycles. The number of carbonyl (C=O) groups excluding carboxylic acids is 3. The first-order valence-electron chi connectivity index (χ1n) is 19.6. The van der Waals surface area contributed by atoms with Gasteiger partial charge in [0.05, 0.1) is 18.8 Å². The van der Waals surface area contributed by atoms with Crippen molar-refractivity contribution in [2.24, 2.45) is 0 Å². The summed E-state index contributed by atoms with van der Waals surface area (Å²) < 4.78 is 20.4. The average molecular weight is 734 g/mol. The molecule has 2 aromatic rings. The minimum Gasteiger partial charge on any atom is -0.493 e. The Morgan fingerprint density at radius 3 is 1.83 bits per heavy atom. The Labute approximate surface area is 320 Å². The Bertz CT molecular complexity index is 1090. The van der Waals surface area contributed by atoms with E-state index in [0.29, 0.717) is 45.4 Å². The second kappa shape index (κ2) is 39.0. The molecule has 0 N–H and O–H groups in total. The third kappa shape index (κ3) is 31.5. The quantitative estimate of drug-likeness (QED) is 0.0806. The highest BCUT2D eigenvalue weighted by molar-refractivity contribution is 5.75. The molecule has 0 atom stereocenters. The molecule has 0 aliphatic rings. The van der Waals surface area contributed by atoms with Gasteiger partial charge in [0.15, 0.2) is 0 Å². The molecule has 8 heteroatoms. The van der Waals surface area contributed by atoms with Crippen molar-refractivity contribution in [2.45, 2.75) is 153 Å². The molecule has 2 rings (SSSR count). The fraction of sp³-hybridized carbons (Fsp3) is 0.659. The number of hydrogen-bond acceptors (Lipinski definition) is 7. The van der Waals surface area contributed by atoms with Crippen LogP contribution in [0.1, 0.15) is 143 Å². The number of aldehydes is 1. The van der Waals surface area contributed by atoms with Crippen molar-refractivity contribution < 1.29 is 33.3 Å². The lowest BCUT2D eigenvalue weighted by Gasteiger charge is -2.19. The third-order valence-electron chi connectivity index (χ3n) is 6.99. The first-order valence-corrected chi connectivity index (χ1v) is 19.6. The van der Waals surface area contributed by atoms with E-state index in [1.165, 1.54) is 5.56 Å². The lowest BCUT2D eigenvalue weighted by molar-refractivity contribution is -0.143. The number of methoxy groups -OCH3 is 2. The highest BCUT2D eigenvalue weighted by Gasteiger charge is 2.11. The van der Waals surface area contributed by atoms with Crippen LogP contribution < -0.4 is 9.64 Å². The Morgan fingerprint density at radius 1 is 0.788 bits per heavy atom. The summed E-state index contributed by atoms with van der Waals surface area (Å²) in [6.45, 7) is 28.3. The SMILES string of the molecule is CC.CC.CC.CCOC.CCOC(=O)CCCOc1cccc(CCCCCCN(C=O)c2cc(C)cc(C)c2)c1CCC=O.COC(C)(C)C. The van der Waals surface area contributed by atoms with E-state index in [4.69, 9.17) is 14.2 Å². The fourth-order valence-corrected chi connectivity index (χ4v) is 4.41. The number of nitrogens with zero attached hydrogens (tertiary/aromatic N) is 1. The molecule has 0 saturated heterocycles. The van der Waals surface area contributed by atoms with Crippen LogP contribution in [-0.4, -0.2) is 64.9 Å². The van der Waals surface area contributed by atoms with Crippen LogP contribution >= 0.6 is 0 Å². The van der Waals surface area contributed by atoms with Crippen LogP contribution in [0.3, 0.4) is 0 Å². The first-order chi connectivity index (χ1) is 25.0. The maximum Gasteiger partial charge on any atom is 0.305 e. The predicted molar refractivity (Wildman–Crippen MR) is 222 cm³/mol. The van der Waals surface area contributed by atoms with Gasteiger partial charge in [0, 0.05) is 45.9 Å². The summed E-state index contributed by atoms with van der Waals surface area (Å²) in [5.74, 6) is 0.592. The van der Waals surface area contributed by atoms with Crippen molar-refractivity contribution >= 4 is 24.4 Å². The molecule has 52 heavy (non-hydrogen) atoms. The van der Waals surface area contributed by atoms with Crippen molar-refractivity contribution in [3.05, 3.63) is 58.7 Å². The molecular formula is C44H79NO7. The molecule has 2 aromatic carbocycles. The number of amides is 1. The van der Waals surface area contributed by atoms with Gasteiger partial charge in [-0.15, -0.1) is 0 Å². The second-order valence-corrected chi connectivity index (χ2v) is 12.1. The highest BCUT2D eigenvalue weighted by atomic mass is 16.5. The summed E-state index contributed by atoms with van der Waals surface area (Å²) in [5.41, 5.74) is 5.62. The molecule has 0 aromatic heterocycles. The summed E-state index contributed by atoms with van der Waals surface area (Å²) in [7, 11) is 3.39. The average Bonchev–Trinajstić information content (AvgIpc) is 3.15. The zero-order valence-electron chi connectivity index (χ0n) is 36.1. The smallest absolute Gasteiger partial charge is 0.305 e. The van der Waals surface area contributed by atoms with Crippen molar-refractivity contribution in [1.29, 1.82) is 0 Å². The van der Waals surface area contributed by atoms with Gasteiger partial charge in [0.25, 0.3) is 0 Å². The van der Waals surface area contributed by atoms with Gasteiger partial charge in [-0.05, 0) is 121 Å². The highest BCUT2D eigenvalue weighted by Crippen LogP contribution is 2.26. The monoisotopic (exact) mass is 734 g/mol. The minimum atomic E-state index is -0.207. The molecule has 302 valence electrons. The fourth-order valence-electron chi connectivity index (χ4n) is 4.41. The second-order valence-electron chi connectivity index (χ2n) is 12.1. The van der Waals surface area contributed by atoms with Crippen molar-refractivity contribution in [3.63, 3.8) is 0 Å². The minimum absolute atomic E-state index is 0.0417. The molecule has 0 spiro atoms. The van der Waals surface area contributed by atoms with E-state index >= 15 is 0 Å². The number of aryl methyl sites for hydroxylation is 3. The number of unbranched alkanes of at least 4 members (excludes halogenated alkanes) is 3. The number of ether oxygens (including phenoxy) is 4. The van der Waals surface area contributed by atoms with E-state index < -0.39 is 0 Å². The summed E-state index contributed by atoms with van der Waals surface area (Å²) >= 11 is 0. The normalized spacial score (nSPS) is 9.67. The van der Waals surface area contributed by atoms with Crippen LogP contribution in [-0.2, 0) is 41.4 Å². The van der Waals surface area contributed by atoms with E-state index in [2.05, 4.69) is 16.9 Å². The van der Waals surface area contributed by atoms with Gasteiger partial charge in [-0.25, -0.2) is 0 Å². The van der Waals surface area contributed by atoms with E-state index in [-0.39, 0.29) is 11.6 Å². The largest absolute Gasteiger partial charge is 0.493 e. The van der Waals surface area contributed by atoms with Crippen LogP contribution in [0.2, 0.25) is 0 Å². The van der Waals surface area contributed by atoms with Crippen LogP contribution in [0.15, 0.2) is 36.4 Å². The zero-order valence-corrected chi connectivity index (χ0v) is 36.1. The number of anilines is 1. The van der Waals surface area contributed by atoms with E-state index in [0.717, 1.165) is 79.5 Å². The molecule has 1 amide bonds. The van der Waals surface area contributed by atoms with E-state index in [1.807, 2.05) is 107 Å². The predicted octanol–water partition coefficient (Wildman–Crippen LogP) is 11.1. The molecule has 0 unspecified atom stereocenters. The number of esters is 1. The van der Waals surface area contributed by atoms with Gasteiger partial charge < -0.3 is 28.6 Å². The summed E-state index contributed by atoms with van der Waals surface area (Å²) in [6, 6.07) is 12.3.